The summed E-state index contributed by atoms with van der Waals surface area (Å²) in [6.07, 6.45) is 4.60. The largest absolute Gasteiger partial charge is 0.368 e. The minimum absolute atomic E-state index is 0.317. The van der Waals surface area contributed by atoms with Crippen LogP contribution in [0.4, 0.5) is 10.1 Å². The van der Waals surface area contributed by atoms with Crippen molar-refractivity contribution in [3.8, 4) is 11.1 Å². The van der Waals surface area contributed by atoms with Crippen LogP contribution in [0.5, 0.6) is 0 Å². The van der Waals surface area contributed by atoms with Crippen LogP contribution in [-0.2, 0) is 4.79 Å². The Kier molecular flexibility index (Phi) is 4.90. The highest BCUT2D eigenvalue weighted by Gasteiger charge is 2.19. The monoisotopic (exact) mass is 356 g/mol. The van der Waals surface area contributed by atoms with Crippen molar-refractivity contribution in [3.05, 3.63) is 77.6 Å². The summed E-state index contributed by atoms with van der Waals surface area (Å²) >= 11 is 5.94. The minimum atomic E-state index is -0.831. The molecule has 25 heavy (non-hydrogen) atoms. The highest BCUT2D eigenvalue weighted by atomic mass is 35.5. The average Bonchev–Trinajstić information content (AvgIpc) is 2.62. The molecule has 7 heteroatoms. The fraction of sp³-hybridized carbons (Fsp3) is 0.0556. The smallest absolute Gasteiger partial charge is 0.246 e. The van der Waals surface area contributed by atoms with Gasteiger partial charge in [-0.3, -0.25) is 14.8 Å². The molecule has 0 fully saturated rings. The molecule has 2 heterocycles. The molecule has 3 rings (SSSR count). The predicted octanol–water partition coefficient (Wildman–Crippen LogP) is 3.57. The summed E-state index contributed by atoms with van der Waals surface area (Å²) in [7, 11) is 0. The topological polar surface area (TPSA) is 80.9 Å². The fourth-order valence-electron chi connectivity index (χ4n) is 2.39. The zero-order valence-electron chi connectivity index (χ0n) is 13.0. The van der Waals surface area contributed by atoms with E-state index < -0.39 is 17.8 Å². The second kappa shape index (κ2) is 7.27. The van der Waals surface area contributed by atoms with Gasteiger partial charge in [0.25, 0.3) is 0 Å². The number of primary amides is 1. The third kappa shape index (κ3) is 3.92. The van der Waals surface area contributed by atoms with E-state index in [0.29, 0.717) is 27.5 Å². The summed E-state index contributed by atoms with van der Waals surface area (Å²) in [6, 6.07) is 10.3. The van der Waals surface area contributed by atoms with Crippen LogP contribution in [-0.4, -0.2) is 15.9 Å². The molecule has 0 saturated carbocycles. The van der Waals surface area contributed by atoms with Gasteiger partial charge in [-0.1, -0.05) is 17.7 Å². The third-order valence-electron chi connectivity index (χ3n) is 3.56. The standard InChI is InChI=1S/C18H14ClFN4O/c19-12-4-5-15(20)14(8-12)11-7-13(10-22-9-11)24-17(18(21)25)16-3-1-2-6-23-16/h1-10,17,24H,(H2,21,25). The van der Waals surface area contributed by atoms with E-state index in [4.69, 9.17) is 17.3 Å². The molecule has 1 unspecified atom stereocenters. The number of carbonyl (C=O) groups is 1. The Bertz CT molecular complexity index is 905. The molecule has 0 radical (unpaired) electrons. The van der Waals surface area contributed by atoms with Gasteiger partial charge in [-0.15, -0.1) is 0 Å². The van der Waals surface area contributed by atoms with Crippen molar-refractivity contribution in [3.63, 3.8) is 0 Å². The van der Waals surface area contributed by atoms with E-state index in [9.17, 15) is 9.18 Å². The van der Waals surface area contributed by atoms with Gasteiger partial charge in [-0.25, -0.2) is 4.39 Å². The third-order valence-corrected chi connectivity index (χ3v) is 3.79. The normalized spacial score (nSPS) is 11.8. The van der Waals surface area contributed by atoms with Crippen LogP contribution in [0.25, 0.3) is 11.1 Å². The first-order valence-electron chi connectivity index (χ1n) is 7.42. The summed E-state index contributed by atoms with van der Waals surface area (Å²) in [5.41, 5.74) is 7.30. The van der Waals surface area contributed by atoms with E-state index in [1.165, 1.54) is 30.6 Å². The van der Waals surface area contributed by atoms with E-state index in [-0.39, 0.29) is 0 Å². The van der Waals surface area contributed by atoms with Crippen molar-refractivity contribution < 1.29 is 9.18 Å². The molecule has 1 amide bonds. The number of nitrogens with one attached hydrogen (secondary N) is 1. The van der Waals surface area contributed by atoms with E-state index in [1.807, 2.05) is 0 Å². The number of carbonyl (C=O) groups excluding carboxylic acids is 1. The molecule has 2 aromatic heterocycles. The predicted molar refractivity (Wildman–Crippen MR) is 94.4 cm³/mol. The van der Waals surface area contributed by atoms with Gasteiger partial charge in [0.2, 0.25) is 5.91 Å². The summed E-state index contributed by atoms with van der Waals surface area (Å²) in [6.45, 7) is 0. The second-order valence-corrected chi connectivity index (χ2v) is 5.76. The van der Waals surface area contributed by atoms with Crippen molar-refractivity contribution in [1.82, 2.24) is 9.97 Å². The number of hydrogen-bond donors (Lipinski definition) is 2. The number of pyridine rings is 2. The SMILES string of the molecule is NC(=O)C(Nc1cncc(-c2cc(Cl)ccc2F)c1)c1ccccn1. The minimum Gasteiger partial charge on any atom is -0.368 e. The quantitative estimate of drug-likeness (QED) is 0.732. The molecular weight excluding hydrogens is 343 g/mol. The number of nitrogens with zero attached hydrogens (tertiary/aromatic N) is 2. The van der Waals surface area contributed by atoms with Crippen LogP contribution in [0, 0.1) is 5.82 Å². The van der Waals surface area contributed by atoms with Crippen LogP contribution in [0.3, 0.4) is 0 Å². The number of anilines is 1. The molecule has 126 valence electrons. The number of benzene rings is 1. The summed E-state index contributed by atoms with van der Waals surface area (Å²) in [5.74, 6) is -1.00. The van der Waals surface area contributed by atoms with Gasteiger partial charge in [0.05, 0.1) is 17.6 Å². The first-order valence-corrected chi connectivity index (χ1v) is 7.79. The van der Waals surface area contributed by atoms with E-state index in [0.717, 1.165) is 0 Å². The van der Waals surface area contributed by atoms with Gasteiger partial charge in [0, 0.05) is 28.5 Å². The van der Waals surface area contributed by atoms with Gasteiger partial charge in [-0.05, 0) is 36.4 Å². The molecule has 1 atom stereocenters. The Labute approximate surface area is 148 Å². The Morgan fingerprint density at radius 1 is 1.20 bits per heavy atom. The van der Waals surface area contributed by atoms with Gasteiger partial charge >= 0.3 is 0 Å². The molecule has 0 spiro atoms. The van der Waals surface area contributed by atoms with Gasteiger partial charge in [0.1, 0.15) is 11.9 Å². The number of halogens is 2. The van der Waals surface area contributed by atoms with Crippen molar-refractivity contribution in [2.45, 2.75) is 6.04 Å². The maximum Gasteiger partial charge on any atom is 0.246 e. The highest BCUT2D eigenvalue weighted by Crippen LogP contribution is 2.28. The lowest BCUT2D eigenvalue weighted by Crippen LogP contribution is -2.28. The first-order chi connectivity index (χ1) is 12.0. The van der Waals surface area contributed by atoms with Crippen molar-refractivity contribution in [1.29, 1.82) is 0 Å². The van der Waals surface area contributed by atoms with E-state index >= 15 is 0 Å². The molecule has 1 aromatic carbocycles. The second-order valence-electron chi connectivity index (χ2n) is 5.32. The average molecular weight is 357 g/mol. The number of hydrogen-bond acceptors (Lipinski definition) is 4. The lowest BCUT2D eigenvalue weighted by Gasteiger charge is -2.16. The molecule has 3 aromatic rings. The molecule has 0 aliphatic carbocycles. The molecule has 0 aliphatic heterocycles. The van der Waals surface area contributed by atoms with E-state index in [2.05, 4.69) is 15.3 Å². The first kappa shape index (κ1) is 16.9. The fourth-order valence-corrected chi connectivity index (χ4v) is 2.56. The number of rotatable bonds is 5. The molecule has 0 saturated heterocycles. The van der Waals surface area contributed by atoms with Gasteiger partial charge in [0.15, 0.2) is 0 Å². The van der Waals surface area contributed by atoms with Gasteiger partial charge in [-0.2, -0.15) is 0 Å². The zero-order valence-corrected chi connectivity index (χ0v) is 13.7. The van der Waals surface area contributed by atoms with Crippen molar-refractivity contribution >= 4 is 23.2 Å². The molecule has 0 aliphatic rings. The Balaban J connectivity index is 1.93. The summed E-state index contributed by atoms with van der Waals surface area (Å²) in [5, 5.41) is 3.40. The van der Waals surface area contributed by atoms with E-state index in [1.54, 1.807) is 30.5 Å². The van der Waals surface area contributed by atoms with Crippen LogP contribution >= 0.6 is 11.6 Å². The zero-order chi connectivity index (χ0) is 17.8. The number of nitrogens with two attached hydrogens (primary N) is 1. The van der Waals surface area contributed by atoms with Crippen molar-refractivity contribution in [2.75, 3.05) is 5.32 Å². The summed E-state index contributed by atoms with van der Waals surface area (Å²) < 4.78 is 14.1. The Hall–Kier alpha value is -2.99. The maximum atomic E-state index is 14.1. The van der Waals surface area contributed by atoms with Gasteiger partial charge < -0.3 is 11.1 Å². The molecule has 5 nitrogen and oxygen atoms in total. The van der Waals surface area contributed by atoms with Crippen LogP contribution < -0.4 is 11.1 Å². The molecular formula is C18H14ClFN4O. The lowest BCUT2D eigenvalue weighted by molar-refractivity contribution is -0.118. The van der Waals surface area contributed by atoms with Crippen LogP contribution in [0.15, 0.2) is 61.1 Å². The lowest BCUT2D eigenvalue weighted by atomic mass is 10.1. The maximum absolute atomic E-state index is 14.1. The Morgan fingerprint density at radius 3 is 2.76 bits per heavy atom. The van der Waals surface area contributed by atoms with Crippen molar-refractivity contribution in [2.24, 2.45) is 5.73 Å². The molecule has 0 bridgehead atoms. The Morgan fingerprint density at radius 2 is 2.04 bits per heavy atom. The summed E-state index contributed by atoms with van der Waals surface area (Å²) in [4.78, 5) is 20.0. The highest BCUT2D eigenvalue weighted by molar-refractivity contribution is 6.30. The molecule has 3 N–H and O–H groups in total. The van der Waals surface area contributed by atoms with Crippen LogP contribution in [0.2, 0.25) is 5.02 Å². The number of aromatic nitrogens is 2. The number of amides is 1. The van der Waals surface area contributed by atoms with Crippen LogP contribution in [0.1, 0.15) is 11.7 Å².